The molecule has 0 spiro atoms. The quantitative estimate of drug-likeness (QED) is 0.163. The molecule has 0 heterocycles. The Kier molecular flexibility index (Phi) is 12.5. The zero-order chi connectivity index (χ0) is 38.6. The molecule has 294 valence electrons. The summed E-state index contributed by atoms with van der Waals surface area (Å²) in [5, 5.41) is 27.7. The number of anilines is 1. The third-order valence-electron chi connectivity index (χ3n) is 14.4. The molecule has 2 aromatic carbocycles. The van der Waals surface area contributed by atoms with Gasteiger partial charge in [-0.3, -0.25) is 9.59 Å². The molecule has 54 heavy (non-hydrogen) atoms. The molecule has 0 aliphatic heterocycles. The van der Waals surface area contributed by atoms with E-state index < -0.39 is 23.9 Å². The highest BCUT2D eigenvalue weighted by Crippen LogP contribution is 2.68. The molecule has 10 nitrogen and oxygen atoms in total. The second-order valence-corrected chi connectivity index (χ2v) is 17.3. The fourth-order valence-electron chi connectivity index (χ4n) is 11.4. The average molecular weight is 745 g/mol. The van der Waals surface area contributed by atoms with E-state index in [2.05, 4.69) is 31.4 Å². The Morgan fingerprint density at radius 1 is 0.833 bits per heavy atom. The van der Waals surface area contributed by atoms with E-state index in [9.17, 15) is 29.4 Å². The van der Waals surface area contributed by atoms with Crippen molar-refractivity contribution in [3.05, 3.63) is 65.7 Å². The van der Waals surface area contributed by atoms with E-state index in [1.165, 1.54) is 7.11 Å². The van der Waals surface area contributed by atoms with Crippen molar-refractivity contribution in [3.63, 3.8) is 0 Å². The standard InChI is InChI=1S/C44H60N2O8/c1-27(32-15-16-33-40-34(21-23-44(32,33)3)43(2)22-20-30(47)24-29(43)25-37(40)48)14-18-38(49)46-36(42(52)54-26-28-10-6-5-7-11-28)17-19-39(50)45-35-13-9-8-12-31(35)41(51)53-4/h5-13,27,29-30,32-34,36-37,40,47-48H,14-26H2,1-4H3,(H,45,50)(H,46,49)/t27-,29+,30-,32-,33+,34+,36+,37-,40+,43+,44-/m1/s1. The number of aliphatic hydroxyl groups excluding tert-OH is 2. The SMILES string of the molecule is COC(=O)c1ccccc1NC(=O)CC[C@H](NC(=O)CC[C@@H](C)[C@H]1CC[C@H]2[C@@H]3[C@H](O)C[C@@H]4C[C@H](O)CC[C@]4(C)[C@H]3CC[C@]12C)C(=O)OCc1ccccc1. The van der Waals surface area contributed by atoms with Crippen molar-refractivity contribution in [3.8, 4) is 0 Å². The van der Waals surface area contributed by atoms with Gasteiger partial charge in [0.1, 0.15) is 12.6 Å². The number of rotatable bonds is 13. The lowest BCUT2D eigenvalue weighted by Gasteiger charge is -2.62. The van der Waals surface area contributed by atoms with Crippen LogP contribution in [0.2, 0.25) is 0 Å². The maximum atomic E-state index is 13.5. The minimum absolute atomic E-state index is 0.0210. The van der Waals surface area contributed by atoms with Crippen LogP contribution in [0.1, 0.15) is 114 Å². The van der Waals surface area contributed by atoms with Crippen molar-refractivity contribution in [2.45, 2.75) is 123 Å². The van der Waals surface area contributed by atoms with Gasteiger partial charge < -0.3 is 30.3 Å². The Morgan fingerprint density at radius 3 is 2.28 bits per heavy atom. The molecule has 4 fully saturated rings. The molecule has 4 aliphatic rings. The van der Waals surface area contributed by atoms with Crippen molar-refractivity contribution < 1.29 is 38.9 Å². The number of benzene rings is 2. The molecule has 0 unspecified atom stereocenters. The molecule has 4 saturated carbocycles. The Morgan fingerprint density at radius 2 is 1.52 bits per heavy atom. The Bertz CT molecular complexity index is 1650. The first-order valence-corrected chi connectivity index (χ1v) is 20.2. The highest BCUT2D eigenvalue weighted by atomic mass is 16.5. The van der Waals surface area contributed by atoms with E-state index in [-0.39, 0.29) is 72.2 Å². The van der Waals surface area contributed by atoms with Crippen LogP contribution in [0.25, 0.3) is 0 Å². The van der Waals surface area contributed by atoms with Gasteiger partial charge in [-0.15, -0.1) is 0 Å². The summed E-state index contributed by atoms with van der Waals surface area (Å²) >= 11 is 0. The Labute approximate surface area is 320 Å². The van der Waals surface area contributed by atoms with Gasteiger partial charge in [-0.05, 0) is 128 Å². The van der Waals surface area contributed by atoms with Crippen LogP contribution in [0.15, 0.2) is 54.6 Å². The second-order valence-electron chi connectivity index (χ2n) is 17.3. The monoisotopic (exact) mass is 744 g/mol. The van der Waals surface area contributed by atoms with Crippen molar-refractivity contribution in [2.75, 3.05) is 12.4 Å². The fourth-order valence-corrected chi connectivity index (χ4v) is 11.4. The van der Waals surface area contributed by atoms with Crippen LogP contribution in [0.3, 0.4) is 0 Å². The summed E-state index contributed by atoms with van der Waals surface area (Å²) in [6, 6.07) is 14.8. The van der Waals surface area contributed by atoms with E-state index in [0.717, 1.165) is 56.9 Å². The second kappa shape index (κ2) is 16.9. The summed E-state index contributed by atoms with van der Waals surface area (Å²) in [5.74, 6) is 0.456. The minimum Gasteiger partial charge on any atom is -0.465 e. The molecule has 2 aromatic rings. The molecular weight excluding hydrogens is 684 g/mol. The number of hydrogen-bond donors (Lipinski definition) is 4. The van der Waals surface area contributed by atoms with Gasteiger partial charge in [0.15, 0.2) is 0 Å². The van der Waals surface area contributed by atoms with Crippen LogP contribution in [-0.4, -0.2) is 59.3 Å². The predicted molar refractivity (Wildman–Crippen MR) is 205 cm³/mol. The number of ether oxygens (including phenoxy) is 2. The lowest BCUT2D eigenvalue weighted by molar-refractivity contribution is -0.174. The fraction of sp³-hybridized carbons (Fsp3) is 0.636. The molecule has 2 amide bonds. The van der Waals surface area contributed by atoms with Crippen LogP contribution in [0, 0.1) is 46.3 Å². The molecule has 0 radical (unpaired) electrons. The number of carbonyl (C=O) groups excluding carboxylic acids is 4. The van der Waals surface area contributed by atoms with E-state index >= 15 is 0 Å². The van der Waals surface area contributed by atoms with Crippen molar-refractivity contribution >= 4 is 29.4 Å². The minimum atomic E-state index is -1.03. The van der Waals surface area contributed by atoms with Crippen LogP contribution in [0.4, 0.5) is 5.69 Å². The lowest BCUT2D eigenvalue weighted by Crippen LogP contribution is -2.58. The molecule has 10 heteroatoms. The van der Waals surface area contributed by atoms with Crippen LogP contribution in [-0.2, 0) is 30.5 Å². The van der Waals surface area contributed by atoms with E-state index in [0.29, 0.717) is 35.8 Å². The Hall–Kier alpha value is -3.76. The number of para-hydroxylation sites is 1. The number of carbonyl (C=O) groups is 4. The van der Waals surface area contributed by atoms with E-state index in [1.54, 1.807) is 24.3 Å². The lowest BCUT2D eigenvalue weighted by atomic mass is 9.43. The number of methoxy groups -OCH3 is 1. The van der Waals surface area contributed by atoms with E-state index in [4.69, 9.17) is 9.47 Å². The molecule has 11 atom stereocenters. The van der Waals surface area contributed by atoms with Gasteiger partial charge in [-0.25, -0.2) is 9.59 Å². The normalized spacial score (nSPS) is 32.5. The number of nitrogens with one attached hydrogen (secondary N) is 2. The van der Waals surface area contributed by atoms with Crippen molar-refractivity contribution in [1.82, 2.24) is 5.32 Å². The van der Waals surface area contributed by atoms with Gasteiger partial charge in [-0.1, -0.05) is 63.2 Å². The Balaban J connectivity index is 1.06. The third-order valence-corrected chi connectivity index (χ3v) is 14.4. The maximum Gasteiger partial charge on any atom is 0.339 e. The van der Waals surface area contributed by atoms with Crippen molar-refractivity contribution in [2.24, 2.45) is 46.3 Å². The highest BCUT2D eigenvalue weighted by molar-refractivity contribution is 6.01. The van der Waals surface area contributed by atoms with Crippen LogP contribution < -0.4 is 10.6 Å². The molecular formula is C44H60N2O8. The summed E-state index contributed by atoms with van der Waals surface area (Å²) < 4.78 is 10.4. The molecule has 0 saturated heterocycles. The predicted octanol–water partition coefficient (Wildman–Crippen LogP) is 6.83. The van der Waals surface area contributed by atoms with Gasteiger partial charge in [-0.2, -0.15) is 0 Å². The molecule has 4 aliphatic carbocycles. The first kappa shape index (κ1) is 39.9. The van der Waals surface area contributed by atoms with Crippen LogP contribution in [0.5, 0.6) is 0 Å². The number of hydrogen-bond acceptors (Lipinski definition) is 8. The first-order valence-electron chi connectivity index (χ1n) is 20.2. The van der Waals surface area contributed by atoms with Gasteiger partial charge in [0.2, 0.25) is 11.8 Å². The summed E-state index contributed by atoms with van der Waals surface area (Å²) in [7, 11) is 1.27. The van der Waals surface area contributed by atoms with Crippen molar-refractivity contribution in [1.29, 1.82) is 0 Å². The van der Waals surface area contributed by atoms with Gasteiger partial charge in [0, 0.05) is 12.8 Å². The average Bonchev–Trinajstić information content (AvgIpc) is 3.52. The summed E-state index contributed by atoms with van der Waals surface area (Å²) in [6.07, 6.45) is 8.19. The maximum absolute atomic E-state index is 13.5. The van der Waals surface area contributed by atoms with Gasteiger partial charge in [0.25, 0.3) is 0 Å². The molecule has 4 N–H and O–H groups in total. The van der Waals surface area contributed by atoms with E-state index in [1.807, 2.05) is 30.3 Å². The highest BCUT2D eigenvalue weighted by Gasteiger charge is 2.62. The zero-order valence-electron chi connectivity index (χ0n) is 32.4. The molecule has 6 rings (SSSR count). The van der Waals surface area contributed by atoms with Gasteiger partial charge >= 0.3 is 11.9 Å². The van der Waals surface area contributed by atoms with Gasteiger partial charge in [0.05, 0.1) is 30.6 Å². The zero-order valence-corrected chi connectivity index (χ0v) is 32.4. The topological polar surface area (TPSA) is 151 Å². The number of aliphatic hydroxyl groups is 2. The molecule has 0 aromatic heterocycles. The number of amides is 2. The largest absolute Gasteiger partial charge is 0.465 e. The van der Waals surface area contributed by atoms with Crippen LogP contribution >= 0.6 is 0 Å². The summed E-state index contributed by atoms with van der Waals surface area (Å²) in [6.45, 7) is 7.16. The number of fused-ring (bicyclic) bond motifs is 5. The first-order chi connectivity index (χ1) is 25.8. The third kappa shape index (κ3) is 8.40. The smallest absolute Gasteiger partial charge is 0.339 e. The molecule has 0 bridgehead atoms. The summed E-state index contributed by atoms with van der Waals surface area (Å²) in [5.41, 5.74) is 1.61. The summed E-state index contributed by atoms with van der Waals surface area (Å²) in [4.78, 5) is 52.1. The number of esters is 2.